The van der Waals surface area contributed by atoms with Crippen molar-refractivity contribution in [2.24, 2.45) is 0 Å². The first-order chi connectivity index (χ1) is 1.91. The molecule has 0 radical (unpaired) electrons. The Morgan fingerprint density at radius 1 is 1.60 bits per heavy atom. The van der Waals surface area contributed by atoms with Crippen molar-refractivity contribution in [1.82, 2.24) is 0 Å². The summed E-state index contributed by atoms with van der Waals surface area (Å²) >= 11 is 0. The molecule has 32 valence electrons. The Hall–Kier alpha value is 0.404. The topological polar surface area (TPSA) is 0 Å². The van der Waals surface area contributed by atoms with Crippen LogP contribution in [0.25, 0.3) is 0 Å². The number of allylic oxidation sites excluding steroid dienone is 1. The molecule has 0 bridgehead atoms. The van der Waals surface area contributed by atoms with E-state index in [-0.39, 0.29) is 16.5 Å². The van der Waals surface area contributed by atoms with Crippen molar-refractivity contribution in [2.45, 2.75) is 0 Å². The average molecular weight is 130 g/mol. The van der Waals surface area contributed by atoms with Crippen molar-refractivity contribution in [2.75, 3.05) is 0 Å². The van der Waals surface area contributed by atoms with Gasteiger partial charge in [-0.25, -0.2) is 14.9 Å². The molecule has 0 rings (SSSR count). The average Bonchev–Trinajstić information content (AvgIpc) is 1.37. The Bertz CT molecular complexity index is 27.9. The van der Waals surface area contributed by atoms with Crippen LogP contribution in [0.15, 0.2) is 6.08 Å². The summed E-state index contributed by atoms with van der Waals surface area (Å²) in [5.41, 5.74) is 0. The summed E-state index contributed by atoms with van der Waals surface area (Å²) in [4.78, 5) is 0. The molecule has 2 heteroatoms. The predicted molar refractivity (Wildman–Crippen MR) is 23.2 cm³/mol. The second kappa shape index (κ2) is 8.83. The fourth-order valence-corrected chi connectivity index (χ4v) is 0. The Morgan fingerprint density at radius 2 is 1.80 bits per heavy atom. The van der Waals surface area contributed by atoms with E-state index >= 15 is 0 Å². The minimum Gasteiger partial charge on any atom is -0.293 e. The fraction of sp³-hybridized carbons (Fsp3) is 0. The van der Waals surface area contributed by atoms with E-state index in [2.05, 4.69) is 8.86 Å². The molecule has 0 N–H and O–H groups in total. The van der Waals surface area contributed by atoms with E-state index in [9.17, 15) is 0 Å². The zero-order valence-electron chi connectivity index (χ0n) is 2.55. The van der Waals surface area contributed by atoms with Gasteiger partial charge in [0, 0.05) is 16.5 Å². The maximum atomic E-state index is 4.80. The first-order valence-electron chi connectivity index (χ1n) is 0.955. The largest absolute Gasteiger partial charge is 0.293 e. The van der Waals surface area contributed by atoms with Crippen LogP contribution in [0.1, 0.15) is 0 Å². The monoisotopic (exact) mass is 129 g/mol. The van der Waals surface area contributed by atoms with E-state index in [0.29, 0.717) is 0 Å². The van der Waals surface area contributed by atoms with Crippen molar-refractivity contribution in [1.29, 1.82) is 0 Å². The third-order valence-electron chi connectivity index (χ3n) is 0.0962. The minimum atomic E-state index is 0. The van der Waals surface area contributed by atoms with Gasteiger partial charge in [-0.2, -0.15) is 5.80 Å². The van der Waals surface area contributed by atoms with Gasteiger partial charge >= 0.3 is 0 Å². The molecule has 0 aromatic heterocycles. The maximum Gasteiger partial charge on any atom is 0 e. The van der Waals surface area contributed by atoms with Gasteiger partial charge in [-0.3, -0.25) is 6.58 Å². The fourth-order valence-electron chi connectivity index (χ4n) is 0. The molecule has 0 fully saturated rings. The van der Waals surface area contributed by atoms with Crippen molar-refractivity contribution >= 4 is 14.7 Å². The van der Waals surface area contributed by atoms with E-state index in [0.717, 1.165) is 0 Å². The summed E-state index contributed by atoms with van der Waals surface area (Å²) in [6.45, 7) is 4.80. The molecule has 5 heavy (non-hydrogen) atoms. The van der Waals surface area contributed by atoms with E-state index in [4.69, 9.17) is 6.58 Å². The molecule has 0 aromatic carbocycles. The van der Waals surface area contributed by atoms with Crippen LogP contribution in [-0.4, -0.2) is 5.80 Å². The molecule has 0 nitrogen and oxygen atoms in total. The number of rotatable bonds is 1. The minimum absolute atomic E-state index is 0. The number of hydrogen-bond donors (Lipinski definition) is 0. The smallest absolute Gasteiger partial charge is 0 e. The van der Waals surface area contributed by atoms with Gasteiger partial charge in [-0.05, 0) is 0 Å². The summed E-state index contributed by atoms with van der Waals surface area (Å²) in [6, 6.07) is 0. The molecule has 0 saturated heterocycles. The summed E-state index contributed by atoms with van der Waals surface area (Å²) in [5.74, 6) is 1.58. The second-order valence-electron chi connectivity index (χ2n) is 0.359. The predicted octanol–water partition coefficient (Wildman–Crippen LogP) is 0.918. The Morgan fingerprint density at radius 3 is 1.80 bits per heavy atom. The normalized spacial score (nSPS) is 4.00. The summed E-state index contributed by atoms with van der Waals surface area (Å²) in [6.07, 6.45) is 1.41. The van der Waals surface area contributed by atoms with Crippen LogP contribution in [0.2, 0.25) is 0 Å². The zero-order valence-corrected chi connectivity index (χ0v) is 4.54. The molecule has 0 saturated carbocycles. The van der Waals surface area contributed by atoms with E-state index in [1.165, 1.54) is 6.08 Å². The molecule has 0 heterocycles. The molecule has 0 atom stereocenters. The van der Waals surface area contributed by atoms with Crippen molar-refractivity contribution in [3.8, 4) is 0 Å². The number of hydrogen-bond acceptors (Lipinski definition) is 0. The quantitative estimate of drug-likeness (QED) is 0.281. The van der Waals surface area contributed by atoms with E-state index < -0.39 is 0 Å². The first kappa shape index (κ1) is 9.05. The Labute approximate surface area is 44.4 Å². The van der Waals surface area contributed by atoms with Gasteiger partial charge in [-0.1, -0.05) is 0 Å². The summed E-state index contributed by atoms with van der Waals surface area (Å²) < 4.78 is 0. The molecule has 0 amide bonds. The standard InChI is InChI=1S/C3H4P.Ni/c1-2-3-4;/h1-4H;/q-1;. The molecule has 0 aliphatic heterocycles. The van der Waals surface area contributed by atoms with Gasteiger partial charge in [0.25, 0.3) is 0 Å². The van der Waals surface area contributed by atoms with Crippen LogP contribution >= 0.6 is 8.86 Å². The zero-order chi connectivity index (χ0) is 3.41. The summed E-state index contributed by atoms with van der Waals surface area (Å²) in [5, 5.41) is 0. The summed E-state index contributed by atoms with van der Waals surface area (Å²) in [7, 11) is 2.98. The van der Waals surface area contributed by atoms with Crippen molar-refractivity contribution < 1.29 is 16.5 Å². The van der Waals surface area contributed by atoms with Gasteiger partial charge in [0.2, 0.25) is 0 Å². The molecular formula is C3H4NiP-. The second-order valence-corrected chi connectivity index (χ2v) is 0.692. The molecule has 0 unspecified atom stereocenters. The Kier molecular flexibility index (Phi) is 16.0. The van der Waals surface area contributed by atoms with Gasteiger partial charge < -0.3 is 0 Å². The molecular weight excluding hydrogens is 126 g/mol. The molecule has 0 aliphatic carbocycles. The van der Waals surface area contributed by atoms with E-state index in [1.807, 2.05) is 0 Å². The van der Waals surface area contributed by atoms with Gasteiger partial charge in [-0.15, -0.1) is 0 Å². The van der Waals surface area contributed by atoms with Crippen LogP contribution in [-0.2, 0) is 16.5 Å². The molecule has 0 aromatic rings. The van der Waals surface area contributed by atoms with Crippen LogP contribution in [0, 0.1) is 6.58 Å². The first-order valence-corrected chi connectivity index (χ1v) is 1.53. The van der Waals surface area contributed by atoms with E-state index in [1.54, 1.807) is 5.80 Å². The van der Waals surface area contributed by atoms with Crippen molar-refractivity contribution in [3.05, 3.63) is 12.7 Å². The SMILES string of the molecule is [CH-]=CC=P.[Ni]. The third kappa shape index (κ3) is 12.9. The third-order valence-corrected chi connectivity index (χ3v) is 0.289. The van der Waals surface area contributed by atoms with Crippen LogP contribution < -0.4 is 0 Å². The molecule has 0 aliphatic rings. The molecule has 0 spiro atoms. The van der Waals surface area contributed by atoms with Crippen LogP contribution in [0.5, 0.6) is 0 Å². The van der Waals surface area contributed by atoms with Crippen LogP contribution in [0.4, 0.5) is 0 Å². The van der Waals surface area contributed by atoms with Gasteiger partial charge in [0.05, 0.1) is 0 Å². The Balaban J connectivity index is 0. The van der Waals surface area contributed by atoms with Gasteiger partial charge in [0.1, 0.15) is 0 Å². The maximum absolute atomic E-state index is 4.80. The van der Waals surface area contributed by atoms with Crippen LogP contribution in [0.3, 0.4) is 0 Å². The van der Waals surface area contributed by atoms with Crippen molar-refractivity contribution in [3.63, 3.8) is 0 Å². The van der Waals surface area contributed by atoms with Gasteiger partial charge in [0.15, 0.2) is 0 Å².